The van der Waals surface area contributed by atoms with Gasteiger partial charge in [-0.05, 0) is 24.3 Å². The summed E-state index contributed by atoms with van der Waals surface area (Å²) in [4.78, 5) is 36.3. The minimum Gasteiger partial charge on any atom is -0.496 e. The Labute approximate surface area is 160 Å². The number of hydrogen-bond acceptors (Lipinski definition) is 6. The van der Waals surface area contributed by atoms with Crippen LogP contribution in [-0.4, -0.2) is 43.0 Å². The van der Waals surface area contributed by atoms with E-state index in [0.29, 0.717) is 16.3 Å². The molecule has 0 aromatic heterocycles. The molecule has 2 rings (SSSR count). The topological polar surface area (TPSA) is 99.0 Å². The van der Waals surface area contributed by atoms with Crippen molar-refractivity contribution in [2.45, 2.75) is 6.54 Å². The Balaban J connectivity index is 2.36. The van der Waals surface area contributed by atoms with Gasteiger partial charge in [-0.3, -0.25) is 14.9 Å². The molecule has 0 saturated heterocycles. The number of carbonyl (C=O) groups excluding carboxylic acids is 2. The fourth-order valence-electron chi connectivity index (χ4n) is 2.49. The zero-order chi connectivity index (χ0) is 20.1. The van der Waals surface area contributed by atoms with Crippen LogP contribution in [0.15, 0.2) is 36.4 Å². The monoisotopic (exact) mass is 392 g/mol. The highest BCUT2D eigenvalue weighted by Gasteiger charge is 2.21. The SMILES string of the molecule is COC(=O)c1cc(C(=O)N(C)Cc2cc(Cl)ccc2OC)cc([N+](=O)[O-])c1. The molecule has 0 saturated carbocycles. The second-order valence-corrected chi connectivity index (χ2v) is 6.07. The van der Waals surface area contributed by atoms with Crippen molar-refractivity contribution in [1.29, 1.82) is 0 Å². The fraction of sp³-hybridized carbons (Fsp3) is 0.222. The van der Waals surface area contributed by atoms with Crippen molar-refractivity contribution in [2.75, 3.05) is 21.3 Å². The second kappa shape index (κ2) is 8.50. The molecule has 2 aromatic rings. The number of nitro benzene ring substituents is 1. The van der Waals surface area contributed by atoms with E-state index in [1.54, 1.807) is 18.2 Å². The number of esters is 1. The zero-order valence-electron chi connectivity index (χ0n) is 14.9. The number of benzene rings is 2. The smallest absolute Gasteiger partial charge is 0.338 e. The predicted octanol–water partition coefficient (Wildman–Crippen LogP) is 3.32. The third kappa shape index (κ3) is 4.73. The highest BCUT2D eigenvalue weighted by atomic mass is 35.5. The van der Waals surface area contributed by atoms with E-state index >= 15 is 0 Å². The number of halogens is 1. The number of amides is 1. The molecule has 9 heteroatoms. The quantitative estimate of drug-likeness (QED) is 0.425. The Morgan fingerprint density at radius 1 is 1.15 bits per heavy atom. The van der Waals surface area contributed by atoms with Gasteiger partial charge in [0.2, 0.25) is 0 Å². The average molecular weight is 393 g/mol. The molecule has 0 unspecified atom stereocenters. The Kier molecular flexibility index (Phi) is 6.36. The number of ether oxygens (including phenoxy) is 2. The van der Waals surface area contributed by atoms with Gasteiger partial charge in [0.15, 0.2) is 0 Å². The van der Waals surface area contributed by atoms with Crippen LogP contribution in [-0.2, 0) is 11.3 Å². The van der Waals surface area contributed by atoms with Crippen molar-refractivity contribution in [1.82, 2.24) is 4.90 Å². The lowest BCUT2D eigenvalue weighted by atomic mass is 10.1. The molecule has 0 bridgehead atoms. The maximum Gasteiger partial charge on any atom is 0.338 e. The maximum absolute atomic E-state index is 12.7. The van der Waals surface area contributed by atoms with E-state index in [1.165, 1.54) is 25.1 Å². The van der Waals surface area contributed by atoms with Crippen LogP contribution in [0.3, 0.4) is 0 Å². The van der Waals surface area contributed by atoms with Gasteiger partial charge in [0.1, 0.15) is 5.75 Å². The van der Waals surface area contributed by atoms with E-state index in [-0.39, 0.29) is 23.4 Å². The number of methoxy groups -OCH3 is 2. The highest BCUT2D eigenvalue weighted by molar-refractivity contribution is 6.30. The van der Waals surface area contributed by atoms with Crippen molar-refractivity contribution in [3.05, 3.63) is 68.2 Å². The molecule has 0 aliphatic rings. The molecule has 142 valence electrons. The molecule has 0 N–H and O–H groups in total. The first-order valence-electron chi connectivity index (χ1n) is 7.72. The normalized spacial score (nSPS) is 10.2. The third-order valence-electron chi connectivity index (χ3n) is 3.79. The Hall–Kier alpha value is -3.13. The van der Waals surface area contributed by atoms with Crippen molar-refractivity contribution >= 4 is 29.2 Å². The van der Waals surface area contributed by atoms with Crippen molar-refractivity contribution in [3.8, 4) is 5.75 Å². The summed E-state index contributed by atoms with van der Waals surface area (Å²) in [5.74, 6) is -0.730. The van der Waals surface area contributed by atoms with Crippen molar-refractivity contribution < 1.29 is 24.0 Å². The van der Waals surface area contributed by atoms with Gasteiger partial charge < -0.3 is 14.4 Å². The number of nitro groups is 1. The Morgan fingerprint density at radius 2 is 1.81 bits per heavy atom. The first-order valence-corrected chi connectivity index (χ1v) is 8.10. The van der Waals surface area contributed by atoms with Gasteiger partial charge in [0, 0.05) is 41.9 Å². The van der Waals surface area contributed by atoms with Gasteiger partial charge in [0.05, 0.1) is 24.7 Å². The first-order chi connectivity index (χ1) is 12.8. The lowest BCUT2D eigenvalue weighted by Crippen LogP contribution is -2.26. The molecule has 8 nitrogen and oxygen atoms in total. The summed E-state index contributed by atoms with van der Waals surface area (Å²) in [5.41, 5.74) is 0.200. The maximum atomic E-state index is 12.7. The molecule has 2 aromatic carbocycles. The Morgan fingerprint density at radius 3 is 2.41 bits per heavy atom. The van der Waals surface area contributed by atoms with Crippen LogP contribution < -0.4 is 4.74 Å². The molecule has 0 heterocycles. The van der Waals surface area contributed by atoms with Crippen molar-refractivity contribution in [3.63, 3.8) is 0 Å². The molecule has 0 radical (unpaired) electrons. The molecule has 0 aliphatic carbocycles. The van der Waals surface area contributed by atoms with E-state index in [2.05, 4.69) is 4.74 Å². The van der Waals surface area contributed by atoms with Crippen LogP contribution in [0.5, 0.6) is 5.75 Å². The second-order valence-electron chi connectivity index (χ2n) is 5.63. The Bertz CT molecular complexity index is 899. The van der Waals surface area contributed by atoms with Gasteiger partial charge >= 0.3 is 5.97 Å². The number of non-ortho nitro benzene ring substituents is 1. The van der Waals surface area contributed by atoms with Gasteiger partial charge in [-0.25, -0.2) is 4.79 Å². The van der Waals surface area contributed by atoms with Crippen molar-refractivity contribution in [2.24, 2.45) is 0 Å². The molecule has 1 amide bonds. The van der Waals surface area contributed by atoms with Crippen LogP contribution in [0.2, 0.25) is 5.02 Å². The minimum atomic E-state index is -0.771. The van der Waals surface area contributed by atoms with Crippen LogP contribution in [0, 0.1) is 10.1 Å². The van der Waals surface area contributed by atoms with Gasteiger partial charge in [-0.15, -0.1) is 0 Å². The van der Waals surface area contributed by atoms with Gasteiger partial charge in [0.25, 0.3) is 11.6 Å². The van der Waals surface area contributed by atoms with Crippen LogP contribution in [0.25, 0.3) is 0 Å². The largest absolute Gasteiger partial charge is 0.496 e. The predicted molar refractivity (Wildman–Crippen MR) is 98.2 cm³/mol. The lowest BCUT2D eigenvalue weighted by Gasteiger charge is -2.19. The molecule has 27 heavy (non-hydrogen) atoms. The summed E-state index contributed by atoms with van der Waals surface area (Å²) >= 11 is 6.00. The molecular formula is C18H17ClN2O6. The molecular weight excluding hydrogens is 376 g/mol. The van der Waals surface area contributed by atoms with E-state index in [1.807, 2.05) is 0 Å². The van der Waals surface area contributed by atoms with E-state index in [0.717, 1.165) is 19.2 Å². The standard InChI is InChI=1S/C18H17ClN2O6/c1-20(10-13-7-14(19)4-5-16(13)26-2)17(22)11-6-12(18(23)27-3)9-15(8-11)21(24)25/h4-9H,10H2,1-3H3. The number of nitrogens with zero attached hydrogens (tertiary/aromatic N) is 2. The van der Waals surface area contributed by atoms with E-state index in [4.69, 9.17) is 16.3 Å². The van der Waals surface area contributed by atoms with Crippen LogP contribution in [0.4, 0.5) is 5.69 Å². The summed E-state index contributed by atoms with van der Waals surface area (Å²) < 4.78 is 9.84. The van der Waals surface area contributed by atoms with Gasteiger partial charge in [-0.2, -0.15) is 0 Å². The molecule has 0 spiro atoms. The van der Waals surface area contributed by atoms with Gasteiger partial charge in [-0.1, -0.05) is 11.6 Å². The highest BCUT2D eigenvalue weighted by Crippen LogP contribution is 2.25. The average Bonchev–Trinajstić information content (AvgIpc) is 2.66. The minimum absolute atomic E-state index is 0.00639. The van der Waals surface area contributed by atoms with Crippen LogP contribution in [0.1, 0.15) is 26.3 Å². The number of carbonyl (C=O) groups is 2. The molecule has 0 fully saturated rings. The molecule has 0 aliphatic heterocycles. The fourth-order valence-corrected chi connectivity index (χ4v) is 2.69. The first kappa shape index (κ1) is 20.2. The summed E-state index contributed by atoms with van der Waals surface area (Å²) in [5, 5.41) is 11.6. The van der Waals surface area contributed by atoms with E-state index < -0.39 is 16.8 Å². The summed E-state index contributed by atoms with van der Waals surface area (Å²) in [6, 6.07) is 8.43. The third-order valence-corrected chi connectivity index (χ3v) is 4.03. The lowest BCUT2D eigenvalue weighted by molar-refractivity contribution is -0.384. The zero-order valence-corrected chi connectivity index (χ0v) is 15.6. The number of hydrogen-bond donors (Lipinski definition) is 0. The van der Waals surface area contributed by atoms with E-state index in [9.17, 15) is 19.7 Å². The summed E-state index contributed by atoms with van der Waals surface area (Å²) in [6.07, 6.45) is 0. The molecule has 0 atom stereocenters. The number of rotatable bonds is 6. The van der Waals surface area contributed by atoms with Crippen LogP contribution >= 0.6 is 11.6 Å². The summed E-state index contributed by atoms with van der Waals surface area (Å²) in [6.45, 7) is 0.152. The summed E-state index contributed by atoms with van der Waals surface area (Å²) in [7, 11) is 4.18.